The number of hydrogen-bond donors (Lipinski definition) is 2. The van der Waals surface area contributed by atoms with Crippen LogP contribution in [0.15, 0.2) is 35.1 Å². The van der Waals surface area contributed by atoms with Crippen molar-refractivity contribution in [2.24, 2.45) is 0 Å². The molecule has 1 atom stereocenters. The normalized spacial score (nSPS) is 12.3. The molecule has 0 spiro atoms. The lowest BCUT2D eigenvalue weighted by atomic mass is 10.3. The zero-order chi connectivity index (χ0) is 13.1. The van der Waals surface area contributed by atoms with Crippen LogP contribution in [-0.4, -0.2) is 15.9 Å². The van der Waals surface area contributed by atoms with Crippen LogP contribution in [0.5, 0.6) is 5.75 Å². The van der Waals surface area contributed by atoms with Gasteiger partial charge in [0.2, 0.25) is 0 Å². The number of ether oxygens (including phenoxy) is 1. The van der Waals surface area contributed by atoms with Gasteiger partial charge in [0.25, 0.3) is 5.56 Å². The number of halogens is 1. The summed E-state index contributed by atoms with van der Waals surface area (Å²) in [5.74, 6) is 1.01. The number of H-pyrrole nitrogens is 1. The number of aromatic amines is 1. The highest BCUT2D eigenvalue weighted by Crippen LogP contribution is 2.18. The maximum Gasteiger partial charge on any atom is 0.268 e. The number of aromatic nitrogens is 2. The van der Waals surface area contributed by atoms with Gasteiger partial charge < -0.3 is 10.5 Å². The van der Waals surface area contributed by atoms with E-state index in [1.54, 1.807) is 12.1 Å². The number of anilines is 1. The Morgan fingerprint density at radius 3 is 2.89 bits per heavy atom. The summed E-state index contributed by atoms with van der Waals surface area (Å²) in [4.78, 5) is 11.5. The fourth-order valence-corrected chi connectivity index (χ4v) is 1.84. The van der Waals surface area contributed by atoms with Gasteiger partial charge in [0.05, 0.1) is 6.54 Å². The highest BCUT2D eigenvalue weighted by Gasteiger charge is 2.08. The Morgan fingerprint density at radius 2 is 2.28 bits per heavy atom. The highest BCUT2D eigenvalue weighted by molar-refractivity contribution is 6.30. The van der Waals surface area contributed by atoms with Gasteiger partial charge >= 0.3 is 0 Å². The lowest BCUT2D eigenvalue weighted by Gasteiger charge is -2.14. The first kappa shape index (κ1) is 12.6. The minimum Gasteiger partial charge on any atom is -0.489 e. The van der Waals surface area contributed by atoms with Crippen molar-refractivity contribution < 1.29 is 4.74 Å². The van der Waals surface area contributed by atoms with Gasteiger partial charge in [-0.3, -0.25) is 9.89 Å². The van der Waals surface area contributed by atoms with E-state index in [9.17, 15) is 4.79 Å². The van der Waals surface area contributed by atoms with Crippen LogP contribution in [-0.2, 0) is 6.54 Å². The summed E-state index contributed by atoms with van der Waals surface area (Å²) in [6.45, 7) is 2.26. The second-order valence-corrected chi connectivity index (χ2v) is 4.48. The maximum absolute atomic E-state index is 11.5. The summed E-state index contributed by atoms with van der Waals surface area (Å²) in [5.41, 5.74) is 5.32. The van der Waals surface area contributed by atoms with Crippen molar-refractivity contribution in [2.75, 3.05) is 5.73 Å². The minimum atomic E-state index is -0.181. The van der Waals surface area contributed by atoms with Crippen LogP contribution in [0.4, 0.5) is 5.82 Å². The van der Waals surface area contributed by atoms with Gasteiger partial charge in [0.15, 0.2) is 0 Å². The van der Waals surface area contributed by atoms with Gasteiger partial charge in [-0.1, -0.05) is 17.7 Å². The number of nitrogens with one attached hydrogen (secondary N) is 1. The molecule has 0 aliphatic rings. The molecule has 0 bridgehead atoms. The van der Waals surface area contributed by atoms with Crippen molar-refractivity contribution >= 4 is 17.4 Å². The first-order chi connectivity index (χ1) is 8.54. The largest absolute Gasteiger partial charge is 0.489 e. The second-order valence-electron chi connectivity index (χ2n) is 4.05. The van der Waals surface area contributed by atoms with Gasteiger partial charge in [0, 0.05) is 11.1 Å². The molecule has 18 heavy (non-hydrogen) atoms. The lowest BCUT2D eigenvalue weighted by molar-refractivity contribution is 0.193. The van der Waals surface area contributed by atoms with E-state index < -0.39 is 0 Å². The minimum absolute atomic E-state index is 0.172. The smallest absolute Gasteiger partial charge is 0.268 e. The van der Waals surface area contributed by atoms with Crippen LogP contribution in [0, 0.1) is 0 Å². The van der Waals surface area contributed by atoms with E-state index >= 15 is 0 Å². The number of benzene rings is 1. The molecule has 5 nitrogen and oxygen atoms in total. The van der Waals surface area contributed by atoms with Crippen LogP contribution in [0.3, 0.4) is 0 Å². The summed E-state index contributed by atoms with van der Waals surface area (Å²) in [6.07, 6.45) is -0.181. The van der Waals surface area contributed by atoms with Gasteiger partial charge in [-0.2, -0.15) is 0 Å². The Kier molecular flexibility index (Phi) is 3.62. The number of hydrogen-bond acceptors (Lipinski definition) is 3. The Balaban J connectivity index is 2.03. The number of nitrogen functional groups attached to an aromatic ring is 1. The van der Waals surface area contributed by atoms with Gasteiger partial charge in [-0.25, -0.2) is 4.68 Å². The summed E-state index contributed by atoms with van der Waals surface area (Å²) >= 11 is 5.86. The first-order valence-electron chi connectivity index (χ1n) is 5.52. The molecular formula is C12H14ClN3O2. The monoisotopic (exact) mass is 267 g/mol. The molecule has 6 heteroatoms. The van der Waals surface area contributed by atoms with Gasteiger partial charge in [-0.15, -0.1) is 0 Å². The van der Waals surface area contributed by atoms with Crippen molar-refractivity contribution in [3.8, 4) is 5.75 Å². The maximum atomic E-state index is 11.5. The zero-order valence-corrected chi connectivity index (χ0v) is 10.6. The second kappa shape index (κ2) is 5.18. The molecule has 3 N–H and O–H groups in total. The third-order valence-electron chi connectivity index (χ3n) is 2.38. The van der Waals surface area contributed by atoms with E-state index in [-0.39, 0.29) is 11.7 Å². The van der Waals surface area contributed by atoms with Crippen LogP contribution < -0.4 is 16.0 Å². The Labute approximate surface area is 109 Å². The Morgan fingerprint density at radius 1 is 1.50 bits per heavy atom. The highest BCUT2D eigenvalue weighted by atomic mass is 35.5. The molecule has 0 saturated heterocycles. The van der Waals surface area contributed by atoms with Crippen LogP contribution in [0.25, 0.3) is 0 Å². The Hall–Kier alpha value is -1.88. The summed E-state index contributed by atoms with van der Waals surface area (Å²) in [5, 5.41) is 3.36. The van der Waals surface area contributed by atoms with Crippen molar-refractivity contribution in [3.63, 3.8) is 0 Å². The van der Waals surface area contributed by atoms with E-state index in [0.29, 0.717) is 23.1 Å². The molecule has 1 heterocycles. The van der Waals surface area contributed by atoms with Gasteiger partial charge in [0.1, 0.15) is 17.7 Å². The van der Waals surface area contributed by atoms with Crippen molar-refractivity contribution in [1.82, 2.24) is 9.78 Å². The first-order valence-corrected chi connectivity index (χ1v) is 5.90. The average molecular weight is 268 g/mol. The molecule has 0 aliphatic heterocycles. The van der Waals surface area contributed by atoms with E-state index in [1.165, 1.54) is 10.7 Å². The van der Waals surface area contributed by atoms with Crippen molar-refractivity contribution in [1.29, 1.82) is 0 Å². The lowest BCUT2D eigenvalue weighted by Crippen LogP contribution is -2.26. The Bertz CT molecular complexity index is 591. The number of nitrogens with zero attached hydrogens (tertiary/aromatic N) is 1. The molecule has 1 aromatic heterocycles. The molecule has 0 saturated carbocycles. The molecule has 0 aliphatic carbocycles. The van der Waals surface area contributed by atoms with Crippen molar-refractivity contribution in [2.45, 2.75) is 19.6 Å². The summed E-state index contributed by atoms with van der Waals surface area (Å²) < 4.78 is 7.07. The predicted octanol–water partition coefficient (Wildman–Crippen LogP) is 1.88. The van der Waals surface area contributed by atoms with E-state index in [2.05, 4.69) is 5.10 Å². The fraction of sp³-hybridized carbons (Fsp3) is 0.250. The summed E-state index contributed by atoms with van der Waals surface area (Å²) in [6, 6.07) is 8.46. The molecule has 0 amide bonds. The topological polar surface area (TPSA) is 73.0 Å². The standard InChI is InChI=1S/C12H14ClN3O2/c1-8(7-16-12(17)6-11(14)15-16)18-10-4-2-3-9(13)5-10/h2-6,8,15H,7,14H2,1H3. The molecule has 1 unspecified atom stereocenters. The van der Waals surface area contributed by atoms with E-state index in [1.807, 2.05) is 19.1 Å². The van der Waals surface area contributed by atoms with Crippen LogP contribution >= 0.6 is 11.6 Å². The number of rotatable bonds is 4. The van der Waals surface area contributed by atoms with Crippen LogP contribution in [0.1, 0.15) is 6.92 Å². The molecular weight excluding hydrogens is 254 g/mol. The van der Waals surface area contributed by atoms with Crippen molar-refractivity contribution in [3.05, 3.63) is 45.7 Å². The van der Waals surface area contributed by atoms with E-state index in [0.717, 1.165) is 0 Å². The SMILES string of the molecule is CC(Cn1[nH]c(N)cc1=O)Oc1cccc(Cl)c1. The van der Waals surface area contributed by atoms with Crippen LogP contribution in [0.2, 0.25) is 5.02 Å². The predicted molar refractivity (Wildman–Crippen MR) is 71.0 cm³/mol. The molecule has 2 aromatic rings. The zero-order valence-electron chi connectivity index (χ0n) is 9.89. The third-order valence-corrected chi connectivity index (χ3v) is 2.62. The van der Waals surface area contributed by atoms with Gasteiger partial charge in [-0.05, 0) is 25.1 Å². The molecule has 2 rings (SSSR count). The quantitative estimate of drug-likeness (QED) is 0.888. The molecule has 0 fully saturated rings. The fourth-order valence-electron chi connectivity index (χ4n) is 1.66. The molecule has 1 aromatic carbocycles. The molecule has 96 valence electrons. The van der Waals surface area contributed by atoms with E-state index in [4.69, 9.17) is 22.1 Å². The third kappa shape index (κ3) is 3.07. The molecule has 0 radical (unpaired) electrons. The summed E-state index contributed by atoms with van der Waals surface area (Å²) in [7, 11) is 0. The average Bonchev–Trinajstić information content (AvgIpc) is 2.57. The number of nitrogens with two attached hydrogens (primary N) is 1.